The number of rotatable bonds is 47. The molecule has 0 rings (SSSR count). The molecule has 69 heavy (non-hydrogen) atoms. The molecule has 0 aliphatic heterocycles. The largest absolute Gasteiger partial charge is 0.462 e. The minimum Gasteiger partial charge on any atom is -0.462 e. The second-order valence-corrected chi connectivity index (χ2v) is 17.4. The van der Waals surface area contributed by atoms with E-state index in [4.69, 9.17) is 14.2 Å². The van der Waals surface area contributed by atoms with Gasteiger partial charge in [-0.1, -0.05) is 205 Å². The van der Waals surface area contributed by atoms with E-state index in [2.05, 4.69) is 167 Å². The van der Waals surface area contributed by atoms with Gasteiger partial charge < -0.3 is 14.2 Å². The Bertz CT molecular complexity index is 1560. The molecular weight excluding hydrogens is 853 g/mol. The van der Waals surface area contributed by atoms with Crippen molar-refractivity contribution in [2.45, 2.75) is 219 Å². The first-order valence-electron chi connectivity index (χ1n) is 27.3. The van der Waals surface area contributed by atoms with Crippen LogP contribution >= 0.6 is 0 Å². The zero-order chi connectivity index (χ0) is 50.0. The molecule has 0 aliphatic rings. The fraction of sp³-hybridized carbons (Fsp3) is 0.571. The van der Waals surface area contributed by atoms with Crippen molar-refractivity contribution < 1.29 is 28.6 Å². The average Bonchev–Trinajstić information content (AvgIpc) is 3.35. The van der Waals surface area contributed by atoms with Gasteiger partial charge in [0.05, 0.1) is 0 Å². The maximum absolute atomic E-state index is 12.8. The molecule has 0 radical (unpaired) electrons. The third kappa shape index (κ3) is 54.1. The Labute approximate surface area is 423 Å². The normalized spacial score (nSPS) is 13.3. The van der Waals surface area contributed by atoms with Gasteiger partial charge in [0.1, 0.15) is 13.2 Å². The number of allylic oxidation sites excluding steroid dienone is 24. The monoisotopic (exact) mass is 951 g/mol. The summed E-state index contributed by atoms with van der Waals surface area (Å²) in [5.74, 6) is -1.04. The van der Waals surface area contributed by atoms with Gasteiger partial charge in [-0.2, -0.15) is 0 Å². The quantitative estimate of drug-likeness (QED) is 0.0262. The number of hydrogen-bond acceptors (Lipinski definition) is 6. The molecule has 0 aromatic carbocycles. The van der Waals surface area contributed by atoms with E-state index in [1.807, 2.05) is 0 Å². The first kappa shape index (κ1) is 64.3. The third-order valence-electron chi connectivity index (χ3n) is 10.8. The molecule has 0 aromatic heterocycles. The summed E-state index contributed by atoms with van der Waals surface area (Å²) in [7, 11) is 0. The lowest BCUT2D eigenvalue weighted by Gasteiger charge is -2.18. The Balaban J connectivity index is 4.59. The Morgan fingerprint density at radius 2 is 0.580 bits per heavy atom. The average molecular weight is 951 g/mol. The molecule has 0 fully saturated rings. The van der Waals surface area contributed by atoms with Crippen LogP contribution in [0, 0.1) is 0 Å². The number of carbonyl (C=O) groups excluding carboxylic acids is 3. The van der Waals surface area contributed by atoms with Crippen LogP contribution in [-0.4, -0.2) is 37.2 Å². The molecule has 6 heteroatoms. The second-order valence-electron chi connectivity index (χ2n) is 17.4. The van der Waals surface area contributed by atoms with Gasteiger partial charge in [0.25, 0.3) is 0 Å². The van der Waals surface area contributed by atoms with Gasteiger partial charge in [0.2, 0.25) is 0 Å². The highest BCUT2D eigenvalue weighted by Gasteiger charge is 2.19. The van der Waals surface area contributed by atoms with Crippen LogP contribution in [0.25, 0.3) is 0 Å². The first-order valence-corrected chi connectivity index (χ1v) is 27.3. The molecule has 0 unspecified atom stereocenters. The standard InChI is InChI=1S/C63H98O6/c1-4-7-10-13-16-19-22-25-28-30-31-33-35-38-41-44-47-50-53-56-62(65)68-59-60(58-67-61(64)55-52-49-46-43-40-37-34-27-24-21-18-15-12-9-6-3)69-63(66)57-54-51-48-45-42-39-36-32-29-26-23-20-17-14-11-8-5-2/h7-8,10-11,16-21,25-29,31,33-34,36,38-39,41,45,48,60H,4-6,9,12-15,22-24,30,32,35,37,40,42-44,46-47,49-59H2,1-3H3/b10-7+,11-8+,19-16+,20-17+,21-18+,28-25+,29-26+,33-31+,34-27+,39-36+,41-38+,48-45+/t60-/m1/s1. The van der Waals surface area contributed by atoms with Crippen molar-refractivity contribution in [1.82, 2.24) is 0 Å². The van der Waals surface area contributed by atoms with E-state index in [0.29, 0.717) is 19.3 Å². The molecule has 0 heterocycles. The van der Waals surface area contributed by atoms with Gasteiger partial charge in [0, 0.05) is 19.3 Å². The molecule has 0 amide bonds. The molecule has 6 nitrogen and oxygen atoms in total. The first-order chi connectivity index (χ1) is 34.0. The minimum atomic E-state index is -0.834. The van der Waals surface area contributed by atoms with Gasteiger partial charge >= 0.3 is 17.9 Å². The van der Waals surface area contributed by atoms with Crippen LogP contribution in [0.4, 0.5) is 0 Å². The second kappa shape index (κ2) is 55.9. The lowest BCUT2D eigenvalue weighted by molar-refractivity contribution is -0.167. The summed E-state index contributed by atoms with van der Waals surface area (Å²) in [6.45, 7) is 6.28. The molecule has 0 saturated carbocycles. The molecule has 0 aliphatic carbocycles. The lowest BCUT2D eigenvalue weighted by atomic mass is 10.1. The van der Waals surface area contributed by atoms with Crippen LogP contribution in [0.5, 0.6) is 0 Å². The van der Waals surface area contributed by atoms with Gasteiger partial charge in [-0.05, 0) is 135 Å². The number of unbranched alkanes of at least 4 members (excludes halogenated alkanes) is 12. The number of esters is 3. The molecule has 1 atom stereocenters. The molecule has 0 spiro atoms. The minimum absolute atomic E-state index is 0.125. The van der Waals surface area contributed by atoms with E-state index in [1.54, 1.807) is 0 Å². The van der Waals surface area contributed by atoms with Crippen LogP contribution < -0.4 is 0 Å². The van der Waals surface area contributed by atoms with Gasteiger partial charge in [0.15, 0.2) is 6.10 Å². The van der Waals surface area contributed by atoms with Gasteiger partial charge in [-0.25, -0.2) is 0 Å². The van der Waals surface area contributed by atoms with Crippen molar-refractivity contribution in [2.75, 3.05) is 13.2 Å². The SMILES string of the molecule is CC/C=C/C/C=C/C/C=C/C/C=C/C/C=C/CCCCCC(=O)OC[C@@H](COC(=O)CCCCCCC/C=C/C/C=C/CCCCC)OC(=O)CCC/C=C/C/C=C/C/C=C/C/C=C/C/C=C/CC. The molecule has 386 valence electrons. The predicted molar refractivity (Wildman–Crippen MR) is 297 cm³/mol. The summed E-state index contributed by atoms with van der Waals surface area (Å²) in [4.78, 5) is 38.1. The molecule has 0 N–H and O–H groups in total. The van der Waals surface area contributed by atoms with E-state index >= 15 is 0 Å². The summed E-state index contributed by atoms with van der Waals surface area (Å²) in [6.07, 6.45) is 79.8. The van der Waals surface area contributed by atoms with E-state index in [0.717, 1.165) is 141 Å². The number of hydrogen-bond donors (Lipinski definition) is 0. The van der Waals surface area contributed by atoms with Gasteiger partial charge in [-0.15, -0.1) is 0 Å². The molecular formula is C63H98O6. The van der Waals surface area contributed by atoms with Crippen molar-refractivity contribution in [1.29, 1.82) is 0 Å². The number of ether oxygens (including phenoxy) is 3. The fourth-order valence-electron chi connectivity index (χ4n) is 6.77. The maximum atomic E-state index is 12.8. The van der Waals surface area contributed by atoms with Crippen molar-refractivity contribution in [3.05, 3.63) is 146 Å². The van der Waals surface area contributed by atoms with Crippen molar-refractivity contribution in [3.63, 3.8) is 0 Å². The lowest BCUT2D eigenvalue weighted by Crippen LogP contribution is -2.30. The summed E-state index contributed by atoms with van der Waals surface area (Å²) in [5, 5.41) is 0. The molecule has 0 aromatic rings. The fourth-order valence-corrected chi connectivity index (χ4v) is 6.77. The molecule has 0 saturated heterocycles. The van der Waals surface area contributed by atoms with E-state index in [1.165, 1.54) is 25.7 Å². The summed E-state index contributed by atoms with van der Waals surface area (Å²) in [6, 6.07) is 0. The summed E-state index contributed by atoms with van der Waals surface area (Å²) < 4.78 is 16.7. The van der Waals surface area contributed by atoms with Crippen LogP contribution in [0.2, 0.25) is 0 Å². The van der Waals surface area contributed by atoms with Crippen molar-refractivity contribution >= 4 is 17.9 Å². The Hall–Kier alpha value is -4.71. The highest BCUT2D eigenvalue weighted by Crippen LogP contribution is 2.11. The smallest absolute Gasteiger partial charge is 0.306 e. The highest BCUT2D eigenvalue weighted by molar-refractivity contribution is 5.71. The predicted octanol–water partition coefficient (Wildman–Crippen LogP) is 18.4. The molecule has 0 bridgehead atoms. The van der Waals surface area contributed by atoms with E-state index in [-0.39, 0.29) is 37.5 Å². The topological polar surface area (TPSA) is 78.9 Å². The summed E-state index contributed by atoms with van der Waals surface area (Å²) in [5.41, 5.74) is 0. The highest BCUT2D eigenvalue weighted by atomic mass is 16.6. The van der Waals surface area contributed by atoms with Crippen molar-refractivity contribution in [3.8, 4) is 0 Å². The van der Waals surface area contributed by atoms with Crippen LogP contribution in [0.3, 0.4) is 0 Å². The Morgan fingerprint density at radius 3 is 0.942 bits per heavy atom. The Morgan fingerprint density at radius 1 is 0.304 bits per heavy atom. The van der Waals surface area contributed by atoms with E-state index in [9.17, 15) is 14.4 Å². The van der Waals surface area contributed by atoms with Crippen LogP contribution in [0.15, 0.2) is 146 Å². The summed E-state index contributed by atoms with van der Waals surface area (Å²) >= 11 is 0. The van der Waals surface area contributed by atoms with Gasteiger partial charge in [-0.3, -0.25) is 14.4 Å². The zero-order valence-electron chi connectivity index (χ0n) is 44.0. The van der Waals surface area contributed by atoms with Crippen LogP contribution in [0.1, 0.15) is 213 Å². The Kier molecular flexibility index (Phi) is 52.1. The zero-order valence-corrected chi connectivity index (χ0v) is 44.0. The third-order valence-corrected chi connectivity index (χ3v) is 10.8. The van der Waals surface area contributed by atoms with E-state index < -0.39 is 6.10 Å². The maximum Gasteiger partial charge on any atom is 0.306 e. The van der Waals surface area contributed by atoms with Crippen molar-refractivity contribution in [2.24, 2.45) is 0 Å². The van der Waals surface area contributed by atoms with Crippen LogP contribution in [-0.2, 0) is 28.6 Å². The number of carbonyl (C=O) groups is 3.